The molecular weight excluding hydrogens is 505 g/mol. The van der Waals surface area contributed by atoms with Crippen molar-refractivity contribution in [1.82, 2.24) is 14.9 Å². The smallest absolute Gasteiger partial charge is 0.407 e. The van der Waals surface area contributed by atoms with Gasteiger partial charge in [-0.05, 0) is 51.9 Å². The molecule has 8 nitrogen and oxygen atoms in total. The van der Waals surface area contributed by atoms with Gasteiger partial charge in [0.2, 0.25) is 0 Å². The van der Waals surface area contributed by atoms with E-state index in [9.17, 15) is 9.90 Å². The van der Waals surface area contributed by atoms with Crippen LogP contribution in [0.1, 0.15) is 33.4 Å². The summed E-state index contributed by atoms with van der Waals surface area (Å²) in [7, 11) is 0.267. The van der Waals surface area contributed by atoms with Gasteiger partial charge in [-0.3, -0.25) is 0 Å². The number of aromatic nitrogens is 2. The molecule has 10 heteroatoms. The number of hydrogen-bond acceptors (Lipinski definition) is 6. The molecule has 2 heterocycles. The fourth-order valence-corrected chi connectivity index (χ4v) is 4.66. The van der Waals surface area contributed by atoms with E-state index in [0.717, 1.165) is 6.04 Å². The first-order valence-corrected chi connectivity index (χ1v) is 16.4. The summed E-state index contributed by atoms with van der Waals surface area (Å²) in [5, 5.41) is 14.4. The Kier molecular flexibility index (Phi) is 8.90. The molecule has 0 bridgehead atoms. The Hall–Kier alpha value is -2.95. The molecule has 0 aliphatic carbocycles. The second-order valence-electron chi connectivity index (χ2n) is 11.9. The first-order chi connectivity index (χ1) is 17.6. The maximum Gasteiger partial charge on any atom is 0.407 e. The first-order valence-electron chi connectivity index (χ1n) is 12.7. The molecule has 2 aromatic heterocycles. The quantitative estimate of drug-likeness (QED) is 0.243. The van der Waals surface area contributed by atoms with Crippen LogP contribution < -0.4 is 10.1 Å². The number of halogens is 1. The van der Waals surface area contributed by atoms with Crippen LogP contribution in [0.3, 0.4) is 0 Å². The number of ether oxygens (including phenoxy) is 3. The van der Waals surface area contributed by atoms with Crippen molar-refractivity contribution in [1.29, 1.82) is 0 Å². The molecule has 0 spiro atoms. The molecule has 0 fully saturated rings. The molecule has 1 unspecified atom stereocenters. The molecule has 0 saturated heterocycles. The minimum absolute atomic E-state index is 0.123. The average Bonchev–Trinajstić information content (AvgIpc) is 3.18. The van der Waals surface area contributed by atoms with Crippen LogP contribution in [0.4, 0.5) is 9.18 Å². The van der Waals surface area contributed by atoms with Crippen molar-refractivity contribution in [3.8, 4) is 17.0 Å². The van der Waals surface area contributed by atoms with Crippen LogP contribution in [-0.4, -0.2) is 54.7 Å². The molecular formula is C28H40FN3O5Si. The molecule has 1 amide bonds. The van der Waals surface area contributed by atoms with Crippen molar-refractivity contribution in [2.45, 2.75) is 71.3 Å². The monoisotopic (exact) mass is 545 g/mol. The van der Waals surface area contributed by atoms with Crippen molar-refractivity contribution in [2.24, 2.45) is 0 Å². The zero-order chi connectivity index (χ0) is 28.3. The average molecular weight is 546 g/mol. The van der Waals surface area contributed by atoms with Gasteiger partial charge in [0, 0.05) is 31.8 Å². The number of pyridine rings is 1. The normalized spacial score (nSPS) is 13.8. The third-order valence-corrected chi connectivity index (χ3v) is 7.64. The summed E-state index contributed by atoms with van der Waals surface area (Å²) in [6, 6.07) is 9.23. The number of nitrogens with zero attached hydrogens (tertiary/aromatic N) is 2. The molecule has 3 aromatic rings. The summed E-state index contributed by atoms with van der Waals surface area (Å²) in [5.41, 5.74) is -0.372. The summed E-state index contributed by atoms with van der Waals surface area (Å²) in [6.45, 7) is 14.4. The van der Waals surface area contributed by atoms with Gasteiger partial charge in [0.1, 0.15) is 35.2 Å². The second kappa shape index (κ2) is 11.4. The van der Waals surface area contributed by atoms with Crippen LogP contribution in [0.15, 0.2) is 36.5 Å². The molecule has 1 atom stereocenters. The van der Waals surface area contributed by atoms with Crippen molar-refractivity contribution >= 4 is 25.1 Å². The van der Waals surface area contributed by atoms with E-state index < -0.39 is 25.4 Å². The van der Waals surface area contributed by atoms with Crippen LogP contribution >= 0.6 is 0 Å². The lowest BCUT2D eigenvalue weighted by Crippen LogP contribution is -2.41. The van der Waals surface area contributed by atoms with Gasteiger partial charge >= 0.3 is 6.09 Å². The summed E-state index contributed by atoms with van der Waals surface area (Å²) < 4.78 is 33.5. The minimum atomic E-state index is -1.51. The number of hydrogen-bond donors (Lipinski definition) is 2. The predicted molar refractivity (Wildman–Crippen MR) is 150 cm³/mol. The van der Waals surface area contributed by atoms with Crippen molar-refractivity contribution < 1.29 is 28.5 Å². The molecule has 208 valence electrons. The van der Waals surface area contributed by atoms with Crippen LogP contribution in [-0.2, 0) is 21.8 Å². The Bertz CT molecular complexity index is 1280. The van der Waals surface area contributed by atoms with Crippen LogP contribution in [0, 0.1) is 5.82 Å². The van der Waals surface area contributed by atoms with Crippen molar-refractivity contribution in [2.75, 3.05) is 20.3 Å². The highest BCUT2D eigenvalue weighted by Crippen LogP contribution is 2.37. The summed E-state index contributed by atoms with van der Waals surface area (Å²) >= 11 is 0. The number of fused-ring (bicyclic) bond motifs is 1. The summed E-state index contributed by atoms with van der Waals surface area (Å²) in [5.74, 6) is 0.0961. The van der Waals surface area contributed by atoms with E-state index in [1.165, 1.54) is 13.2 Å². The van der Waals surface area contributed by atoms with E-state index in [-0.39, 0.29) is 19.1 Å². The highest BCUT2D eigenvalue weighted by Gasteiger charge is 2.29. The SMILES string of the molecule is COc1ccc(C(C)(O)CNC(=O)OC(C)(C)C)nc1-c1cn(COCC[Si](C)(C)C)c2c(F)cccc12. The Morgan fingerprint density at radius 3 is 2.50 bits per heavy atom. The highest BCUT2D eigenvalue weighted by atomic mass is 28.3. The van der Waals surface area contributed by atoms with Gasteiger partial charge in [-0.2, -0.15) is 0 Å². The van der Waals surface area contributed by atoms with Crippen LogP contribution in [0.5, 0.6) is 5.75 Å². The molecule has 0 aliphatic rings. The largest absolute Gasteiger partial charge is 0.494 e. The topological polar surface area (TPSA) is 94.8 Å². The number of rotatable bonds is 10. The van der Waals surface area contributed by atoms with Gasteiger partial charge in [-0.1, -0.05) is 31.8 Å². The molecule has 3 rings (SSSR count). The Morgan fingerprint density at radius 2 is 1.87 bits per heavy atom. The zero-order valence-corrected chi connectivity index (χ0v) is 24.6. The van der Waals surface area contributed by atoms with E-state index >= 15 is 4.39 Å². The number of carbonyl (C=O) groups excluding carboxylic acids is 1. The number of aliphatic hydroxyl groups is 1. The van der Waals surface area contributed by atoms with Gasteiger partial charge < -0.3 is 29.2 Å². The van der Waals surface area contributed by atoms with E-state index in [1.807, 2.05) is 6.07 Å². The maximum atomic E-state index is 15.0. The highest BCUT2D eigenvalue weighted by molar-refractivity contribution is 6.76. The summed E-state index contributed by atoms with van der Waals surface area (Å²) in [4.78, 5) is 16.9. The van der Waals surface area contributed by atoms with Crippen molar-refractivity contribution in [3.05, 3.63) is 48.0 Å². The van der Waals surface area contributed by atoms with E-state index in [4.69, 9.17) is 19.2 Å². The standard InChI is InChI=1S/C28H40FN3O5Si/c1-27(2,3)37-26(33)30-17-28(4,34)23-13-12-22(35-5)24(31-23)20-16-32(18-36-14-15-38(6,7)8)25-19(20)10-9-11-21(25)29/h9-13,16,34H,14-15,17-18H2,1-8H3,(H,30,33). The molecule has 38 heavy (non-hydrogen) atoms. The first kappa shape index (κ1) is 29.6. The third kappa shape index (κ3) is 7.55. The fraction of sp³-hybridized carbons (Fsp3) is 0.500. The lowest BCUT2D eigenvalue weighted by Gasteiger charge is -2.26. The number of methoxy groups -OCH3 is 1. The molecule has 0 saturated carbocycles. The Morgan fingerprint density at radius 1 is 1.16 bits per heavy atom. The zero-order valence-electron chi connectivity index (χ0n) is 23.6. The van der Waals surface area contributed by atoms with Crippen LogP contribution in [0.2, 0.25) is 25.7 Å². The van der Waals surface area contributed by atoms with Gasteiger partial charge in [-0.25, -0.2) is 14.2 Å². The van der Waals surface area contributed by atoms with Gasteiger partial charge in [0.25, 0.3) is 0 Å². The number of amides is 1. The predicted octanol–water partition coefficient (Wildman–Crippen LogP) is 5.90. The maximum absolute atomic E-state index is 15.0. The number of benzene rings is 1. The van der Waals surface area contributed by atoms with E-state index in [0.29, 0.717) is 40.2 Å². The number of nitrogens with one attached hydrogen (secondary N) is 1. The summed E-state index contributed by atoms with van der Waals surface area (Å²) in [6.07, 6.45) is 1.16. The van der Waals surface area contributed by atoms with Crippen LogP contribution in [0.25, 0.3) is 22.2 Å². The van der Waals surface area contributed by atoms with E-state index in [2.05, 4.69) is 25.0 Å². The van der Waals surface area contributed by atoms with Gasteiger partial charge in [0.05, 0.1) is 24.9 Å². The molecule has 0 radical (unpaired) electrons. The lowest BCUT2D eigenvalue weighted by atomic mass is 10.00. The number of carbonyl (C=O) groups is 1. The molecule has 2 N–H and O–H groups in total. The van der Waals surface area contributed by atoms with E-state index in [1.54, 1.807) is 56.7 Å². The van der Waals surface area contributed by atoms with Crippen molar-refractivity contribution in [3.63, 3.8) is 0 Å². The lowest BCUT2D eigenvalue weighted by molar-refractivity contribution is 0.0298. The fourth-order valence-electron chi connectivity index (χ4n) is 3.90. The number of alkyl carbamates (subject to hydrolysis) is 1. The van der Waals surface area contributed by atoms with Gasteiger partial charge in [0.15, 0.2) is 0 Å². The number of para-hydroxylation sites is 1. The minimum Gasteiger partial charge on any atom is -0.494 e. The Balaban J connectivity index is 1.96. The third-order valence-electron chi connectivity index (χ3n) is 5.94. The van der Waals surface area contributed by atoms with Gasteiger partial charge in [-0.15, -0.1) is 0 Å². The molecule has 1 aromatic carbocycles. The Labute approximate surface area is 225 Å². The molecule has 0 aliphatic heterocycles. The second-order valence-corrected chi connectivity index (χ2v) is 17.5.